The van der Waals surface area contributed by atoms with Crippen LogP contribution >= 0.6 is 0 Å². The summed E-state index contributed by atoms with van der Waals surface area (Å²) in [6, 6.07) is 3.59. The molecule has 1 aromatic rings. The Hall–Kier alpha value is -1.99. The van der Waals surface area contributed by atoms with Crippen molar-refractivity contribution >= 4 is 5.91 Å². The van der Waals surface area contributed by atoms with E-state index in [0.29, 0.717) is 43.2 Å². The summed E-state index contributed by atoms with van der Waals surface area (Å²) in [4.78, 5) is 12.7. The van der Waals surface area contributed by atoms with Crippen LogP contribution in [0.1, 0.15) is 32.8 Å². The fourth-order valence-electron chi connectivity index (χ4n) is 3.60. The lowest BCUT2D eigenvalue weighted by Crippen LogP contribution is -2.75. The van der Waals surface area contributed by atoms with E-state index in [4.69, 9.17) is 24.7 Å². The van der Waals surface area contributed by atoms with Gasteiger partial charge in [-0.15, -0.1) is 0 Å². The summed E-state index contributed by atoms with van der Waals surface area (Å²) in [7, 11) is 4.77. The number of ether oxygens (including phenoxy) is 4. The summed E-state index contributed by atoms with van der Waals surface area (Å²) < 4.78 is 21.8. The van der Waals surface area contributed by atoms with Gasteiger partial charge in [-0.05, 0) is 13.3 Å². The van der Waals surface area contributed by atoms with E-state index in [1.54, 1.807) is 33.5 Å². The topological polar surface area (TPSA) is 92.0 Å². The summed E-state index contributed by atoms with van der Waals surface area (Å²) in [5.74, 6) is 1.80. The van der Waals surface area contributed by atoms with Crippen LogP contribution in [-0.4, -0.2) is 52.0 Å². The Bertz CT molecular complexity index is 651. The molecule has 27 heavy (non-hydrogen) atoms. The highest BCUT2D eigenvalue weighted by molar-refractivity contribution is 5.88. The smallest absolute Gasteiger partial charge is 0.240 e. The molecule has 152 valence electrons. The molecule has 1 fully saturated rings. The molecule has 2 unspecified atom stereocenters. The number of nitrogens with one attached hydrogen (secondary N) is 1. The van der Waals surface area contributed by atoms with Gasteiger partial charge >= 0.3 is 0 Å². The van der Waals surface area contributed by atoms with Gasteiger partial charge in [-0.2, -0.15) is 0 Å². The summed E-state index contributed by atoms with van der Waals surface area (Å²) in [5, 5.41) is 2.96. The first-order valence-corrected chi connectivity index (χ1v) is 9.22. The number of carbonyl (C=O) groups is 1. The summed E-state index contributed by atoms with van der Waals surface area (Å²) in [6.45, 7) is 6.94. The van der Waals surface area contributed by atoms with Gasteiger partial charge in [0, 0.05) is 42.7 Å². The fourth-order valence-corrected chi connectivity index (χ4v) is 3.60. The van der Waals surface area contributed by atoms with E-state index in [-0.39, 0.29) is 12.0 Å². The Morgan fingerprint density at radius 3 is 2.22 bits per heavy atom. The molecule has 0 heterocycles. The molecule has 1 saturated carbocycles. The molecule has 3 N–H and O–H groups in total. The van der Waals surface area contributed by atoms with Gasteiger partial charge in [0.2, 0.25) is 5.91 Å². The number of hydrogen-bond acceptors (Lipinski definition) is 6. The van der Waals surface area contributed by atoms with Crippen molar-refractivity contribution < 1.29 is 23.7 Å². The highest BCUT2D eigenvalue weighted by Crippen LogP contribution is 2.49. The standard InChI is InChI=1S/C20H32N2O5/c1-7-27-17-12-20(21,19(17,2)3)18(23)22-9-8-14-15(25-5)10-13(24-4)11-16(14)26-6/h10-11,17H,7-9,12,21H2,1-6H3,(H,22,23). The molecule has 2 rings (SSSR count). The van der Waals surface area contributed by atoms with E-state index in [0.717, 1.165) is 5.56 Å². The maximum absolute atomic E-state index is 12.7. The van der Waals surface area contributed by atoms with Crippen LogP contribution in [0.5, 0.6) is 17.2 Å². The lowest BCUT2D eigenvalue weighted by Gasteiger charge is -2.57. The first-order chi connectivity index (χ1) is 12.7. The van der Waals surface area contributed by atoms with E-state index in [1.165, 1.54) is 0 Å². The Morgan fingerprint density at radius 2 is 1.78 bits per heavy atom. The fraction of sp³-hybridized carbons (Fsp3) is 0.650. The van der Waals surface area contributed by atoms with Crippen molar-refractivity contribution in [2.75, 3.05) is 34.5 Å². The van der Waals surface area contributed by atoms with E-state index in [9.17, 15) is 4.79 Å². The molecular weight excluding hydrogens is 348 g/mol. The Morgan fingerprint density at radius 1 is 1.19 bits per heavy atom. The van der Waals surface area contributed by atoms with Crippen LogP contribution in [0.25, 0.3) is 0 Å². The van der Waals surface area contributed by atoms with Gasteiger partial charge in [0.1, 0.15) is 22.8 Å². The van der Waals surface area contributed by atoms with Crippen molar-refractivity contribution in [2.24, 2.45) is 11.1 Å². The average Bonchev–Trinajstić information content (AvgIpc) is 2.67. The number of benzene rings is 1. The Labute approximate surface area is 161 Å². The molecule has 1 amide bonds. The first-order valence-electron chi connectivity index (χ1n) is 9.22. The average molecular weight is 380 g/mol. The van der Waals surface area contributed by atoms with Crippen LogP contribution in [0, 0.1) is 5.41 Å². The zero-order valence-corrected chi connectivity index (χ0v) is 17.2. The van der Waals surface area contributed by atoms with E-state index >= 15 is 0 Å². The van der Waals surface area contributed by atoms with Crippen LogP contribution in [0.3, 0.4) is 0 Å². The van der Waals surface area contributed by atoms with Crippen LogP contribution < -0.4 is 25.3 Å². The van der Waals surface area contributed by atoms with E-state index in [1.807, 2.05) is 20.8 Å². The zero-order valence-electron chi connectivity index (χ0n) is 17.2. The quantitative estimate of drug-likeness (QED) is 0.680. The molecule has 1 aliphatic rings. The summed E-state index contributed by atoms with van der Waals surface area (Å²) in [6.07, 6.45) is 1.07. The molecule has 1 aromatic carbocycles. The van der Waals surface area contributed by atoms with Gasteiger partial charge in [0.15, 0.2) is 0 Å². The number of methoxy groups -OCH3 is 3. The predicted octanol–water partition coefficient (Wildman–Crippen LogP) is 1.90. The van der Waals surface area contributed by atoms with Crippen LogP contribution in [-0.2, 0) is 16.0 Å². The van der Waals surface area contributed by atoms with Gasteiger partial charge in [0.05, 0.1) is 27.4 Å². The van der Waals surface area contributed by atoms with E-state index < -0.39 is 11.0 Å². The Kier molecular flexibility index (Phi) is 6.59. The zero-order chi connectivity index (χ0) is 20.2. The second kappa shape index (κ2) is 8.35. The van der Waals surface area contributed by atoms with E-state index in [2.05, 4.69) is 5.32 Å². The monoisotopic (exact) mass is 380 g/mol. The minimum absolute atomic E-state index is 0.0000243. The third-order valence-corrected chi connectivity index (χ3v) is 5.71. The molecule has 2 atom stereocenters. The molecule has 0 bridgehead atoms. The van der Waals surface area contributed by atoms with Crippen molar-refractivity contribution in [3.05, 3.63) is 17.7 Å². The van der Waals surface area contributed by atoms with Gasteiger partial charge in [-0.25, -0.2) is 0 Å². The lowest BCUT2D eigenvalue weighted by atomic mass is 9.54. The molecule has 7 nitrogen and oxygen atoms in total. The van der Waals surface area contributed by atoms with Crippen LogP contribution in [0.4, 0.5) is 0 Å². The molecular formula is C20H32N2O5. The second-order valence-electron chi connectivity index (χ2n) is 7.36. The minimum atomic E-state index is -0.930. The normalized spacial score (nSPS) is 23.3. The Balaban J connectivity index is 2.03. The van der Waals surface area contributed by atoms with Crippen molar-refractivity contribution in [3.8, 4) is 17.2 Å². The maximum atomic E-state index is 12.7. The van der Waals surface area contributed by atoms with Crippen LogP contribution in [0.15, 0.2) is 12.1 Å². The van der Waals surface area contributed by atoms with Crippen molar-refractivity contribution in [3.63, 3.8) is 0 Å². The SMILES string of the molecule is CCOC1CC(N)(C(=O)NCCc2c(OC)cc(OC)cc2OC)C1(C)C. The van der Waals surface area contributed by atoms with Crippen molar-refractivity contribution in [1.29, 1.82) is 0 Å². The highest BCUT2D eigenvalue weighted by Gasteiger charge is 2.62. The van der Waals surface area contributed by atoms with Gasteiger partial charge in [-0.1, -0.05) is 13.8 Å². The summed E-state index contributed by atoms with van der Waals surface area (Å²) >= 11 is 0. The number of rotatable bonds is 9. The molecule has 0 radical (unpaired) electrons. The van der Waals surface area contributed by atoms with Crippen molar-refractivity contribution in [1.82, 2.24) is 5.32 Å². The molecule has 1 aliphatic carbocycles. The molecule has 7 heteroatoms. The second-order valence-corrected chi connectivity index (χ2v) is 7.36. The lowest BCUT2D eigenvalue weighted by molar-refractivity contribution is -0.170. The number of nitrogens with two attached hydrogens (primary N) is 1. The van der Waals surface area contributed by atoms with Gasteiger partial charge in [-0.3, -0.25) is 4.79 Å². The van der Waals surface area contributed by atoms with Gasteiger partial charge in [0.25, 0.3) is 0 Å². The number of amides is 1. The maximum Gasteiger partial charge on any atom is 0.240 e. The molecule has 0 aliphatic heterocycles. The third kappa shape index (κ3) is 3.84. The third-order valence-electron chi connectivity index (χ3n) is 5.71. The predicted molar refractivity (Wildman–Crippen MR) is 104 cm³/mol. The first kappa shape index (κ1) is 21.3. The molecule has 0 saturated heterocycles. The molecule has 0 aromatic heterocycles. The number of hydrogen-bond donors (Lipinski definition) is 2. The minimum Gasteiger partial charge on any atom is -0.496 e. The number of carbonyl (C=O) groups excluding carboxylic acids is 1. The van der Waals surface area contributed by atoms with Crippen LogP contribution in [0.2, 0.25) is 0 Å². The largest absolute Gasteiger partial charge is 0.496 e. The highest BCUT2D eigenvalue weighted by atomic mass is 16.5. The van der Waals surface area contributed by atoms with Crippen molar-refractivity contribution in [2.45, 2.75) is 45.3 Å². The summed E-state index contributed by atoms with van der Waals surface area (Å²) in [5.41, 5.74) is 5.94. The molecule has 0 spiro atoms. The van der Waals surface area contributed by atoms with Gasteiger partial charge < -0.3 is 30.0 Å².